The van der Waals surface area contributed by atoms with Gasteiger partial charge in [-0.05, 0) is 24.5 Å². The number of alkyl halides is 3. The van der Waals surface area contributed by atoms with Crippen molar-refractivity contribution in [2.45, 2.75) is 37.0 Å². The van der Waals surface area contributed by atoms with Crippen molar-refractivity contribution in [3.63, 3.8) is 0 Å². The maximum Gasteiger partial charge on any atom is 0.406 e. The molecule has 4 rings (SSSR count). The monoisotopic (exact) mass is 666 g/mol. The molecule has 0 saturated carbocycles. The van der Waals surface area contributed by atoms with E-state index in [0.29, 0.717) is 19.5 Å². The van der Waals surface area contributed by atoms with Gasteiger partial charge in [0, 0.05) is 50.1 Å². The number of nitrogens with one attached hydrogen (secondary N) is 3. The number of likely N-dealkylation sites (tertiary alicyclic amines) is 1. The predicted molar refractivity (Wildman–Crippen MR) is 163 cm³/mol. The van der Waals surface area contributed by atoms with Crippen molar-refractivity contribution >= 4 is 38.4 Å². The van der Waals surface area contributed by atoms with Crippen LogP contribution in [0.2, 0.25) is 0 Å². The molecule has 3 N–H and O–H groups in total. The number of ether oxygens (including phenoxy) is 1. The molecular formula is C30H34F4N6O5S. The highest BCUT2D eigenvalue weighted by atomic mass is 32.2. The fourth-order valence-electron chi connectivity index (χ4n) is 5.26. The van der Waals surface area contributed by atoms with Crippen LogP contribution in [0, 0.1) is 23.6 Å². The van der Waals surface area contributed by atoms with Crippen LogP contribution in [0.15, 0.2) is 35.5 Å². The number of amides is 2. The molecule has 0 unspecified atom stereocenters. The van der Waals surface area contributed by atoms with Crippen LogP contribution in [0.5, 0.6) is 5.75 Å². The number of likely N-dealkylation sites (N-methyl/N-ethyl adjacent to an activating group) is 1. The second-order valence-corrected chi connectivity index (χ2v) is 13.0. The lowest BCUT2D eigenvalue weighted by molar-refractivity contribution is -0.140. The number of methoxy groups -OCH3 is 1. The minimum Gasteiger partial charge on any atom is -0.495 e. The van der Waals surface area contributed by atoms with Crippen molar-refractivity contribution in [2.75, 3.05) is 51.9 Å². The van der Waals surface area contributed by atoms with Crippen LogP contribution in [0.3, 0.4) is 0 Å². The molecule has 16 heteroatoms. The van der Waals surface area contributed by atoms with Gasteiger partial charge in [-0.2, -0.15) is 13.2 Å². The number of carbonyl (C=O) groups is 2. The van der Waals surface area contributed by atoms with Gasteiger partial charge in [0.05, 0.1) is 43.3 Å². The Kier molecular flexibility index (Phi) is 10.5. The van der Waals surface area contributed by atoms with Crippen LogP contribution in [-0.4, -0.2) is 93.5 Å². The number of halogens is 4. The van der Waals surface area contributed by atoms with Crippen molar-refractivity contribution in [1.82, 2.24) is 25.1 Å². The van der Waals surface area contributed by atoms with Crippen LogP contribution in [0.4, 0.5) is 23.2 Å². The number of aromatic nitrogens is 2. The van der Waals surface area contributed by atoms with Gasteiger partial charge < -0.3 is 25.3 Å². The Morgan fingerprint density at radius 2 is 1.93 bits per heavy atom. The molecule has 2 amide bonds. The van der Waals surface area contributed by atoms with Crippen molar-refractivity contribution in [2.24, 2.45) is 5.92 Å². The molecule has 0 spiro atoms. The third-order valence-electron chi connectivity index (χ3n) is 7.53. The van der Waals surface area contributed by atoms with Gasteiger partial charge in [-0.1, -0.05) is 18.8 Å². The average molecular weight is 667 g/mol. The molecule has 2 atom stereocenters. The number of carbonyl (C=O) groups excluding carboxylic acids is 2. The fourth-order valence-corrected chi connectivity index (χ4v) is 5.99. The van der Waals surface area contributed by atoms with E-state index < -0.39 is 39.2 Å². The molecule has 0 bridgehead atoms. The molecule has 2 aromatic carbocycles. The molecule has 0 aliphatic carbocycles. The summed E-state index contributed by atoms with van der Waals surface area (Å²) in [5.41, 5.74) is 0.575. The number of hydrogen-bond donors (Lipinski definition) is 3. The Hall–Kier alpha value is -4.36. The lowest BCUT2D eigenvalue weighted by atomic mass is 9.93. The largest absolute Gasteiger partial charge is 0.495 e. The first-order valence-corrected chi connectivity index (χ1v) is 16.1. The van der Waals surface area contributed by atoms with Gasteiger partial charge in [-0.15, -0.1) is 0 Å². The highest BCUT2D eigenvalue weighted by molar-refractivity contribution is 7.90. The van der Waals surface area contributed by atoms with Crippen LogP contribution in [0.25, 0.3) is 11.0 Å². The molecule has 1 aliphatic heterocycles. The number of piperidine rings is 1. The maximum atomic E-state index is 14.5. The summed E-state index contributed by atoms with van der Waals surface area (Å²) < 4.78 is 84.1. The van der Waals surface area contributed by atoms with Crippen molar-refractivity contribution in [3.05, 3.63) is 47.5 Å². The van der Waals surface area contributed by atoms with E-state index in [1.54, 1.807) is 7.05 Å². The summed E-state index contributed by atoms with van der Waals surface area (Å²) in [6, 6.07) is 4.61. The van der Waals surface area contributed by atoms with E-state index in [1.807, 2.05) is 11.8 Å². The van der Waals surface area contributed by atoms with Gasteiger partial charge in [0.2, 0.25) is 5.91 Å². The van der Waals surface area contributed by atoms with Crippen LogP contribution in [0.1, 0.15) is 29.3 Å². The molecule has 1 aromatic heterocycles. The zero-order valence-electron chi connectivity index (χ0n) is 25.6. The number of nitrogens with zero attached hydrogens (tertiary/aromatic N) is 3. The third kappa shape index (κ3) is 8.46. The zero-order valence-corrected chi connectivity index (χ0v) is 26.4. The first-order valence-electron chi connectivity index (χ1n) is 14.2. The number of rotatable bonds is 9. The number of benzene rings is 2. The number of sulfone groups is 1. The summed E-state index contributed by atoms with van der Waals surface area (Å²) in [7, 11) is -0.994. The van der Waals surface area contributed by atoms with E-state index in [4.69, 9.17) is 4.74 Å². The Morgan fingerprint density at radius 3 is 2.57 bits per heavy atom. The second kappa shape index (κ2) is 14.0. The van der Waals surface area contributed by atoms with Gasteiger partial charge in [-0.3, -0.25) is 14.5 Å². The molecule has 1 saturated heterocycles. The van der Waals surface area contributed by atoms with Crippen molar-refractivity contribution in [1.29, 1.82) is 0 Å². The molecule has 248 valence electrons. The normalized spacial score (nSPS) is 17.2. The number of hydrogen-bond acceptors (Lipinski definition) is 8. The highest BCUT2D eigenvalue weighted by Gasteiger charge is 2.31. The first kappa shape index (κ1) is 34.5. The van der Waals surface area contributed by atoms with Gasteiger partial charge in [0.25, 0.3) is 5.91 Å². The summed E-state index contributed by atoms with van der Waals surface area (Å²) in [5, 5.41) is 8.40. The Labute approximate surface area is 263 Å². The molecule has 0 radical (unpaired) electrons. The lowest BCUT2D eigenvalue weighted by Gasteiger charge is -2.36. The molecule has 11 nitrogen and oxygen atoms in total. The number of fused-ring (bicyclic) bond motifs is 1. The molecular weight excluding hydrogens is 632 g/mol. The van der Waals surface area contributed by atoms with Gasteiger partial charge >= 0.3 is 6.18 Å². The predicted octanol–water partition coefficient (Wildman–Crippen LogP) is 2.80. The smallest absolute Gasteiger partial charge is 0.406 e. The standard InChI is InChI=1S/C30H34F4N6O5S/c1-18-14-39(15-27(41)35-2)9-7-22(18)38-29(42)20-10-19(11-24-28(20)37-17-40(24)16-30(32,33)34)6-5-8-36-23-12-21(31)26(46(4,43)44)13-25(23)45-3/h10-13,17-18,22,36H,7-9,14-16H2,1-4H3,(H,35,41)(H,38,42)/t18-,22-/m0/s1. The van der Waals surface area contributed by atoms with Crippen LogP contribution < -0.4 is 20.7 Å². The quantitative estimate of drug-likeness (QED) is 0.235. The number of anilines is 1. The van der Waals surface area contributed by atoms with E-state index in [2.05, 4.69) is 32.8 Å². The third-order valence-corrected chi connectivity index (χ3v) is 8.64. The minimum absolute atomic E-state index is 0.0111. The minimum atomic E-state index is -4.54. The Bertz CT molecular complexity index is 1800. The summed E-state index contributed by atoms with van der Waals surface area (Å²) in [6.07, 6.45) is -2.08. The van der Waals surface area contributed by atoms with Crippen LogP contribution >= 0.6 is 0 Å². The molecule has 46 heavy (non-hydrogen) atoms. The van der Waals surface area contributed by atoms with Gasteiger partial charge in [0.1, 0.15) is 28.5 Å². The topological polar surface area (TPSA) is 135 Å². The van der Waals surface area contributed by atoms with Crippen molar-refractivity contribution in [3.8, 4) is 17.6 Å². The van der Waals surface area contributed by atoms with E-state index in [0.717, 1.165) is 29.3 Å². The van der Waals surface area contributed by atoms with E-state index in [1.165, 1.54) is 19.2 Å². The zero-order chi connectivity index (χ0) is 33.8. The molecule has 2 heterocycles. The first-order chi connectivity index (χ1) is 21.6. The van der Waals surface area contributed by atoms with Gasteiger partial charge in [-0.25, -0.2) is 17.8 Å². The number of imidazole rings is 1. The maximum absolute atomic E-state index is 14.5. The summed E-state index contributed by atoms with van der Waals surface area (Å²) in [5.74, 6) is 4.05. The van der Waals surface area contributed by atoms with E-state index in [9.17, 15) is 35.6 Å². The van der Waals surface area contributed by atoms with Crippen LogP contribution in [-0.2, 0) is 21.2 Å². The highest BCUT2D eigenvalue weighted by Crippen LogP contribution is 2.30. The van der Waals surface area contributed by atoms with E-state index >= 15 is 0 Å². The lowest BCUT2D eigenvalue weighted by Crippen LogP contribution is -2.51. The Morgan fingerprint density at radius 1 is 1.20 bits per heavy atom. The molecule has 3 aromatic rings. The average Bonchev–Trinajstić information content (AvgIpc) is 3.36. The summed E-state index contributed by atoms with van der Waals surface area (Å²) in [4.78, 5) is 30.9. The summed E-state index contributed by atoms with van der Waals surface area (Å²) in [6.45, 7) is 1.92. The Balaban J connectivity index is 1.58. The SMILES string of the molecule is CNC(=O)CN1CC[C@H](NC(=O)c2cc(C#CCNc3cc(F)c(S(C)(=O)=O)cc3OC)cc3c2ncn3CC(F)(F)F)[C@@H](C)C1. The second-order valence-electron chi connectivity index (χ2n) is 11.0. The fraction of sp³-hybridized carbons (Fsp3) is 0.433. The van der Waals surface area contributed by atoms with Crippen molar-refractivity contribution < 1.29 is 40.3 Å². The van der Waals surface area contributed by atoms with Gasteiger partial charge in [0.15, 0.2) is 9.84 Å². The van der Waals surface area contributed by atoms with E-state index in [-0.39, 0.29) is 64.6 Å². The molecule has 1 aliphatic rings. The summed E-state index contributed by atoms with van der Waals surface area (Å²) >= 11 is 0. The molecule has 1 fully saturated rings.